The van der Waals surface area contributed by atoms with Gasteiger partial charge in [-0.1, -0.05) is 18.9 Å². The van der Waals surface area contributed by atoms with E-state index in [1.165, 1.54) is 17.0 Å². The second kappa shape index (κ2) is 6.31. The molecule has 1 aliphatic carbocycles. The van der Waals surface area contributed by atoms with E-state index < -0.39 is 17.8 Å². The summed E-state index contributed by atoms with van der Waals surface area (Å²) < 4.78 is 0.615. The van der Waals surface area contributed by atoms with Crippen molar-refractivity contribution in [1.29, 1.82) is 0 Å². The van der Waals surface area contributed by atoms with Crippen LogP contribution in [0.5, 0.6) is 5.75 Å². The van der Waals surface area contributed by atoms with E-state index in [1.54, 1.807) is 12.1 Å². The Morgan fingerprint density at radius 3 is 2.57 bits per heavy atom. The number of rotatable bonds is 2. The Labute approximate surface area is 146 Å². The molecule has 120 valence electrons. The summed E-state index contributed by atoms with van der Waals surface area (Å²) in [6.45, 7) is 0. The largest absolute Gasteiger partial charge is 0.507 e. The quantitative estimate of drug-likeness (QED) is 0.432. The molecule has 3 rings (SSSR count). The van der Waals surface area contributed by atoms with Crippen LogP contribution in [0.15, 0.2) is 23.8 Å². The van der Waals surface area contributed by atoms with Gasteiger partial charge in [0.25, 0.3) is 11.8 Å². The molecule has 2 fully saturated rings. The number of hydrogen-bond donors (Lipinski definition) is 2. The van der Waals surface area contributed by atoms with Crippen LogP contribution in [-0.4, -0.2) is 33.9 Å². The first-order valence-electron chi connectivity index (χ1n) is 7.36. The topological polar surface area (TPSA) is 86.7 Å². The Morgan fingerprint density at radius 1 is 1.22 bits per heavy atom. The Balaban J connectivity index is 1.94. The van der Waals surface area contributed by atoms with Gasteiger partial charge in [-0.05, 0) is 59.2 Å². The van der Waals surface area contributed by atoms with Crippen LogP contribution in [-0.2, 0) is 9.59 Å². The number of nitrogens with zero attached hydrogens (tertiary/aromatic N) is 1. The number of phenols is 1. The third-order valence-corrected chi connectivity index (χ3v) is 4.97. The normalized spacial score (nSPS) is 21.2. The van der Waals surface area contributed by atoms with Crippen molar-refractivity contribution in [2.75, 3.05) is 0 Å². The van der Waals surface area contributed by atoms with E-state index in [0.717, 1.165) is 25.7 Å². The van der Waals surface area contributed by atoms with Gasteiger partial charge >= 0.3 is 6.03 Å². The molecule has 2 N–H and O–H groups in total. The fraction of sp³-hybridized carbons (Fsp3) is 0.312. The third kappa shape index (κ3) is 3.10. The molecule has 1 heterocycles. The highest BCUT2D eigenvalue weighted by Gasteiger charge is 2.40. The van der Waals surface area contributed by atoms with Gasteiger partial charge in [-0.2, -0.15) is 0 Å². The minimum atomic E-state index is -0.683. The maximum Gasteiger partial charge on any atom is 0.331 e. The molecule has 1 aliphatic heterocycles. The number of carbonyl (C=O) groups excluding carboxylic acids is 3. The smallest absolute Gasteiger partial charge is 0.331 e. The zero-order chi connectivity index (χ0) is 16.6. The fourth-order valence-electron chi connectivity index (χ4n) is 2.94. The van der Waals surface area contributed by atoms with Gasteiger partial charge in [-0.15, -0.1) is 0 Å². The summed E-state index contributed by atoms with van der Waals surface area (Å²) >= 11 is 1.96. The lowest BCUT2D eigenvalue weighted by Gasteiger charge is -2.31. The fourth-order valence-corrected chi connectivity index (χ4v) is 3.48. The summed E-state index contributed by atoms with van der Waals surface area (Å²) in [5, 5.41) is 11.8. The number of barbiturate groups is 1. The van der Waals surface area contributed by atoms with Crippen LogP contribution in [0.3, 0.4) is 0 Å². The van der Waals surface area contributed by atoms with Gasteiger partial charge in [-0.3, -0.25) is 19.8 Å². The maximum atomic E-state index is 12.6. The number of nitrogens with one attached hydrogen (secondary N) is 1. The van der Waals surface area contributed by atoms with Gasteiger partial charge < -0.3 is 5.11 Å². The van der Waals surface area contributed by atoms with E-state index in [9.17, 15) is 19.5 Å². The summed E-state index contributed by atoms with van der Waals surface area (Å²) in [5.74, 6) is -1.10. The summed E-state index contributed by atoms with van der Waals surface area (Å²) in [7, 11) is 0. The number of halogens is 1. The molecule has 0 aromatic heterocycles. The molecule has 1 aromatic rings. The first-order valence-corrected chi connectivity index (χ1v) is 8.44. The van der Waals surface area contributed by atoms with Gasteiger partial charge in [-0.25, -0.2) is 4.79 Å². The van der Waals surface area contributed by atoms with E-state index in [2.05, 4.69) is 5.32 Å². The molecule has 0 spiro atoms. The predicted octanol–water partition coefficient (Wildman–Crippen LogP) is 2.40. The van der Waals surface area contributed by atoms with Crippen LogP contribution in [0, 0.1) is 3.57 Å². The molecular weight excluding hydrogens is 411 g/mol. The van der Waals surface area contributed by atoms with E-state index >= 15 is 0 Å². The molecular formula is C16H15IN2O4. The standard InChI is InChI=1S/C16H15IN2O4/c17-12-8-9(5-6-13(12)20)7-11-14(21)18-16(23)19(15(11)22)10-3-1-2-4-10/h5-8,10,20H,1-4H2,(H,18,21,23)/b11-7+. The van der Waals surface area contributed by atoms with Crippen LogP contribution in [0.25, 0.3) is 6.08 Å². The average molecular weight is 426 g/mol. The SMILES string of the molecule is O=C1NC(=O)N(C2CCCC2)C(=O)/C1=C/c1ccc(O)c(I)c1. The van der Waals surface area contributed by atoms with Crippen LogP contribution in [0.2, 0.25) is 0 Å². The van der Waals surface area contributed by atoms with Gasteiger partial charge in [0.05, 0.1) is 3.57 Å². The van der Waals surface area contributed by atoms with Crippen molar-refractivity contribution in [3.63, 3.8) is 0 Å². The monoisotopic (exact) mass is 426 g/mol. The average Bonchev–Trinajstić information content (AvgIpc) is 3.01. The number of urea groups is 1. The summed E-state index contributed by atoms with van der Waals surface area (Å²) in [5.41, 5.74) is 0.560. The first-order chi connectivity index (χ1) is 11.0. The lowest BCUT2D eigenvalue weighted by atomic mass is 10.1. The van der Waals surface area contributed by atoms with Crippen LogP contribution in [0.1, 0.15) is 31.2 Å². The molecule has 0 radical (unpaired) electrons. The molecule has 1 saturated heterocycles. The molecule has 1 saturated carbocycles. The molecule has 1 aromatic carbocycles. The highest BCUT2D eigenvalue weighted by Crippen LogP contribution is 2.28. The zero-order valence-electron chi connectivity index (χ0n) is 12.2. The maximum absolute atomic E-state index is 12.6. The number of phenolic OH excluding ortho intramolecular Hbond substituents is 1. The van der Waals surface area contributed by atoms with Crippen LogP contribution in [0.4, 0.5) is 4.79 Å². The number of carbonyl (C=O) groups is 3. The van der Waals surface area contributed by atoms with E-state index in [-0.39, 0.29) is 17.4 Å². The Bertz CT molecular complexity index is 723. The second-order valence-electron chi connectivity index (χ2n) is 5.64. The molecule has 0 bridgehead atoms. The van der Waals surface area contributed by atoms with Crippen LogP contribution >= 0.6 is 22.6 Å². The van der Waals surface area contributed by atoms with Crippen molar-refractivity contribution in [2.24, 2.45) is 0 Å². The minimum absolute atomic E-state index is 0.0574. The second-order valence-corrected chi connectivity index (χ2v) is 6.80. The van der Waals surface area contributed by atoms with Crippen molar-refractivity contribution in [3.8, 4) is 5.75 Å². The number of aromatic hydroxyl groups is 1. The van der Waals surface area contributed by atoms with E-state index in [0.29, 0.717) is 9.13 Å². The Morgan fingerprint density at radius 2 is 1.91 bits per heavy atom. The number of amides is 4. The molecule has 0 atom stereocenters. The van der Waals surface area contributed by atoms with Gasteiger partial charge in [0, 0.05) is 6.04 Å². The molecule has 0 unspecified atom stereocenters. The van der Waals surface area contributed by atoms with Crippen LogP contribution < -0.4 is 5.32 Å². The third-order valence-electron chi connectivity index (χ3n) is 4.11. The minimum Gasteiger partial charge on any atom is -0.507 e. The Hall–Kier alpha value is -1.90. The predicted molar refractivity (Wildman–Crippen MR) is 91.4 cm³/mol. The number of benzene rings is 1. The number of imide groups is 2. The number of hydrogen-bond acceptors (Lipinski definition) is 4. The first kappa shape index (κ1) is 16.0. The van der Waals surface area contributed by atoms with E-state index in [4.69, 9.17) is 0 Å². The molecule has 2 aliphatic rings. The zero-order valence-corrected chi connectivity index (χ0v) is 14.4. The summed E-state index contributed by atoms with van der Waals surface area (Å²) in [6.07, 6.45) is 4.96. The molecule has 7 heteroatoms. The van der Waals surface area contributed by atoms with E-state index in [1.807, 2.05) is 22.6 Å². The van der Waals surface area contributed by atoms with Crippen molar-refractivity contribution >= 4 is 46.5 Å². The Kier molecular flexibility index (Phi) is 4.38. The lowest BCUT2D eigenvalue weighted by Crippen LogP contribution is -2.57. The van der Waals surface area contributed by atoms with Gasteiger partial charge in [0.15, 0.2) is 0 Å². The van der Waals surface area contributed by atoms with Crippen molar-refractivity contribution in [3.05, 3.63) is 32.9 Å². The molecule has 6 nitrogen and oxygen atoms in total. The molecule has 4 amide bonds. The van der Waals surface area contributed by atoms with Crippen molar-refractivity contribution in [1.82, 2.24) is 10.2 Å². The lowest BCUT2D eigenvalue weighted by molar-refractivity contribution is -0.131. The van der Waals surface area contributed by atoms with Gasteiger partial charge in [0.2, 0.25) is 0 Å². The molecule has 23 heavy (non-hydrogen) atoms. The van der Waals surface area contributed by atoms with Crippen molar-refractivity contribution in [2.45, 2.75) is 31.7 Å². The highest BCUT2D eigenvalue weighted by molar-refractivity contribution is 14.1. The highest BCUT2D eigenvalue weighted by atomic mass is 127. The summed E-state index contributed by atoms with van der Waals surface area (Å²) in [4.78, 5) is 37.8. The summed E-state index contributed by atoms with van der Waals surface area (Å²) in [6, 6.07) is 4.00. The van der Waals surface area contributed by atoms with Gasteiger partial charge in [0.1, 0.15) is 11.3 Å². The van der Waals surface area contributed by atoms with Crippen molar-refractivity contribution < 1.29 is 19.5 Å².